The molecule has 2 aliphatic rings. The largest absolute Gasteiger partial charge is 0.354 e. The van der Waals surface area contributed by atoms with Crippen LogP contribution >= 0.6 is 11.6 Å². The number of benzene rings is 1. The van der Waals surface area contributed by atoms with Gasteiger partial charge in [-0.1, -0.05) is 17.7 Å². The van der Waals surface area contributed by atoms with Crippen molar-refractivity contribution in [1.82, 2.24) is 10.2 Å². The van der Waals surface area contributed by atoms with Crippen molar-refractivity contribution in [1.29, 1.82) is 0 Å². The molecule has 2 saturated heterocycles. The molecule has 2 atom stereocenters. The Bertz CT molecular complexity index is 578. The molecule has 3 rings (SSSR count). The molecular formula is C14H14ClFN2O2. The molecule has 2 aliphatic heterocycles. The van der Waals surface area contributed by atoms with Crippen LogP contribution in [0.15, 0.2) is 18.2 Å². The smallest absolute Gasteiger partial charge is 0.255 e. The predicted molar refractivity (Wildman–Crippen MR) is 72.0 cm³/mol. The molecule has 0 radical (unpaired) electrons. The minimum atomic E-state index is -0.605. The van der Waals surface area contributed by atoms with Gasteiger partial charge in [-0.25, -0.2) is 4.39 Å². The summed E-state index contributed by atoms with van der Waals surface area (Å²) in [5, 5.41) is 2.63. The molecule has 1 N–H and O–H groups in total. The fraction of sp³-hybridized carbons (Fsp3) is 0.429. The van der Waals surface area contributed by atoms with Crippen molar-refractivity contribution in [3.05, 3.63) is 34.6 Å². The molecule has 1 aromatic rings. The van der Waals surface area contributed by atoms with Crippen LogP contribution in [0, 0.1) is 11.7 Å². The topological polar surface area (TPSA) is 49.4 Å². The van der Waals surface area contributed by atoms with Gasteiger partial charge in [0.1, 0.15) is 5.82 Å². The lowest BCUT2D eigenvalue weighted by Gasteiger charge is -2.36. The fourth-order valence-corrected chi connectivity index (χ4v) is 3.23. The van der Waals surface area contributed by atoms with Gasteiger partial charge in [-0.2, -0.15) is 0 Å². The second kappa shape index (κ2) is 5.05. The lowest BCUT2D eigenvalue weighted by atomic mass is 9.91. The molecule has 2 heterocycles. The van der Waals surface area contributed by atoms with Crippen LogP contribution < -0.4 is 5.32 Å². The molecule has 0 aromatic heterocycles. The Balaban J connectivity index is 1.90. The van der Waals surface area contributed by atoms with Gasteiger partial charge in [-0.3, -0.25) is 9.59 Å². The van der Waals surface area contributed by atoms with E-state index in [2.05, 4.69) is 5.32 Å². The zero-order chi connectivity index (χ0) is 14.3. The van der Waals surface area contributed by atoms with E-state index < -0.39 is 5.82 Å². The summed E-state index contributed by atoms with van der Waals surface area (Å²) in [4.78, 5) is 25.9. The van der Waals surface area contributed by atoms with Crippen molar-refractivity contribution in [2.75, 3.05) is 13.1 Å². The maximum Gasteiger partial charge on any atom is 0.255 e. The summed E-state index contributed by atoms with van der Waals surface area (Å²) in [5.74, 6) is -1.06. The number of carbonyl (C=O) groups excluding carboxylic acids is 2. The first-order valence-electron chi connectivity index (χ1n) is 6.62. The van der Waals surface area contributed by atoms with E-state index in [-0.39, 0.29) is 34.4 Å². The van der Waals surface area contributed by atoms with Crippen LogP contribution in [0.4, 0.5) is 4.39 Å². The SMILES string of the molecule is O=C1NC[C@@H]2[C@H]1CCCN2C(=O)c1cccc(F)c1Cl. The van der Waals surface area contributed by atoms with Crippen LogP contribution in [0.5, 0.6) is 0 Å². The van der Waals surface area contributed by atoms with Crippen molar-refractivity contribution >= 4 is 23.4 Å². The number of nitrogens with one attached hydrogen (secondary N) is 1. The van der Waals surface area contributed by atoms with Crippen LogP contribution in [-0.4, -0.2) is 35.8 Å². The first-order chi connectivity index (χ1) is 9.59. The average Bonchev–Trinajstić information content (AvgIpc) is 2.83. The van der Waals surface area contributed by atoms with Crippen LogP contribution in [0.25, 0.3) is 0 Å². The highest BCUT2D eigenvalue weighted by Gasteiger charge is 2.43. The summed E-state index contributed by atoms with van der Waals surface area (Å²) >= 11 is 5.87. The molecule has 0 aliphatic carbocycles. The van der Waals surface area contributed by atoms with Crippen LogP contribution in [-0.2, 0) is 4.79 Å². The van der Waals surface area contributed by atoms with Gasteiger partial charge in [0.05, 0.1) is 22.5 Å². The molecule has 1 aromatic carbocycles. The average molecular weight is 297 g/mol. The molecule has 0 bridgehead atoms. The number of rotatable bonds is 1. The third kappa shape index (κ3) is 2.06. The van der Waals surface area contributed by atoms with Gasteiger partial charge in [-0.05, 0) is 25.0 Å². The predicted octanol–water partition coefficient (Wildman–Crippen LogP) is 1.83. The lowest BCUT2D eigenvalue weighted by molar-refractivity contribution is -0.123. The summed E-state index contributed by atoms with van der Waals surface area (Å²) in [7, 11) is 0. The Kier molecular flexibility index (Phi) is 3.38. The van der Waals surface area contributed by atoms with Crippen LogP contribution in [0.1, 0.15) is 23.2 Å². The van der Waals surface area contributed by atoms with E-state index in [1.165, 1.54) is 18.2 Å². The summed E-state index contributed by atoms with van der Waals surface area (Å²) in [6, 6.07) is 4.05. The molecule has 2 amide bonds. The number of nitrogens with zero attached hydrogens (tertiary/aromatic N) is 1. The van der Waals surface area contributed by atoms with Gasteiger partial charge in [0.15, 0.2) is 0 Å². The van der Waals surface area contributed by atoms with Gasteiger partial charge in [0.25, 0.3) is 5.91 Å². The second-order valence-electron chi connectivity index (χ2n) is 5.16. The molecule has 0 unspecified atom stereocenters. The summed E-state index contributed by atoms with van der Waals surface area (Å²) in [5.41, 5.74) is 0.159. The number of amides is 2. The minimum absolute atomic E-state index is 0.00200. The van der Waals surface area contributed by atoms with E-state index >= 15 is 0 Å². The second-order valence-corrected chi connectivity index (χ2v) is 5.54. The maximum absolute atomic E-state index is 13.5. The van der Waals surface area contributed by atoms with Crippen molar-refractivity contribution in [2.24, 2.45) is 5.92 Å². The van der Waals surface area contributed by atoms with Crippen molar-refractivity contribution in [3.63, 3.8) is 0 Å². The fourth-order valence-electron chi connectivity index (χ4n) is 3.03. The Hall–Kier alpha value is -1.62. The van der Waals surface area contributed by atoms with Crippen molar-refractivity contribution < 1.29 is 14.0 Å². The Morgan fingerprint density at radius 1 is 1.45 bits per heavy atom. The Morgan fingerprint density at radius 3 is 3.05 bits per heavy atom. The van der Waals surface area contributed by atoms with Crippen molar-refractivity contribution in [2.45, 2.75) is 18.9 Å². The first kappa shape index (κ1) is 13.4. The van der Waals surface area contributed by atoms with E-state index in [1.54, 1.807) is 4.90 Å². The molecule has 106 valence electrons. The monoisotopic (exact) mass is 296 g/mol. The van der Waals surface area contributed by atoms with E-state index in [1.807, 2.05) is 0 Å². The first-order valence-corrected chi connectivity index (χ1v) is 7.00. The third-order valence-electron chi connectivity index (χ3n) is 4.04. The maximum atomic E-state index is 13.5. The van der Waals surface area contributed by atoms with E-state index in [0.717, 1.165) is 12.8 Å². The van der Waals surface area contributed by atoms with E-state index in [9.17, 15) is 14.0 Å². The number of likely N-dealkylation sites (tertiary alicyclic amines) is 1. The normalized spacial score (nSPS) is 25.3. The number of halogens is 2. The molecule has 0 saturated carbocycles. The van der Waals surface area contributed by atoms with E-state index in [0.29, 0.717) is 13.1 Å². The van der Waals surface area contributed by atoms with Gasteiger partial charge in [-0.15, -0.1) is 0 Å². The quantitative estimate of drug-likeness (QED) is 0.859. The number of fused-ring (bicyclic) bond motifs is 1. The minimum Gasteiger partial charge on any atom is -0.354 e. The van der Waals surface area contributed by atoms with Gasteiger partial charge < -0.3 is 10.2 Å². The molecule has 0 spiro atoms. The molecule has 2 fully saturated rings. The van der Waals surface area contributed by atoms with E-state index in [4.69, 9.17) is 11.6 Å². The van der Waals surface area contributed by atoms with Crippen molar-refractivity contribution in [3.8, 4) is 0 Å². The Morgan fingerprint density at radius 2 is 2.25 bits per heavy atom. The number of piperidine rings is 1. The number of hydrogen-bond donors (Lipinski definition) is 1. The lowest BCUT2D eigenvalue weighted by Crippen LogP contribution is -2.48. The zero-order valence-electron chi connectivity index (χ0n) is 10.7. The molecule has 6 heteroatoms. The van der Waals surface area contributed by atoms with Gasteiger partial charge >= 0.3 is 0 Å². The summed E-state index contributed by atoms with van der Waals surface area (Å²) < 4.78 is 13.5. The summed E-state index contributed by atoms with van der Waals surface area (Å²) in [6.45, 7) is 1.03. The molecule has 20 heavy (non-hydrogen) atoms. The highest BCUT2D eigenvalue weighted by Crippen LogP contribution is 2.30. The summed E-state index contributed by atoms with van der Waals surface area (Å²) in [6.07, 6.45) is 1.56. The Labute approximate surface area is 120 Å². The number of hydrogen-bond acceptors (Lipinski definition) is 2. The third-order valence-corrected chi connectivity index (χ3v) is 4.43. The van der Waals surface area contributed by atoms with Crippen LogP contribution in [0.2, 0.25) is 5.02 Å². The van der Waals surface area contributed by atoms with Crippen LogP contribution in [0.3, 0.4) is 0 Å². The molecular weight excluding hydrogens is 283 g/mol. The highest BCUT2D eigenvalue weighted by atomic mass is 35.5. The van der Waals surface area contributed by atoms with Gasteiger partial charge in [0.2, 0.25) is 5.91 Å². The molecule has 4 nitrogen and oxygen atoms in total. The zero-order valence-corrected chi connectivity index (χ0v) is 11.5. The highest BCUT2D eigenvalue weighted by molar-refractivity contribution is 6.34. The van der Waals surface area contributed by atoms with Gasteiger partial charge in [0, 0.05) is 13.1 Å². The number of carbonyl (C=O) groups is 2. The standard InChI is InChI=1S/C14H14ClFN2O2/c15-12-9(3-1-5-10(12)16)14(20)18-6-2-4-8-11(18)7-17-13(8)19/h1,3,5,8,11H,2,4,6-7H2,(H,17,19)/t8-,11-/m1/s1.